The third-order valence-corrected chi connectivity index (χ3v) is 3.25. The van der Waals surface area contributed by atoms with Crippen molar-refractivity contribution in [2.24, 2.45) is 5.84 Å². The first-order valence-electron chi connectivity index (χ1n) is 5.72. The zero-order valence-electron chi connectivity index (χ0n) is 10.4. The van der Waals surface area contributed by atoms with E-state index in [1.807, 2.05) is 6.07 Å². The summed E-state index contributed by atoms with van der Waals surface area (Å²) in [5, 5.41) is 0.510. The average Bonchev–Trinajstić information content (AvgIpc) is 2.43. The van der Waals surface area contributed by atoms with Crippen LogP contribution in [0.3, 0.4) is 0 Å². The van der Waals surface area contributed by atoms with Gasteiger partial charge in [-0.2, -0.15) is 0 Å². The fourth-order valence-electron chi connectivity index (χ4n) is 2.01. The Bertz CT molecular complexity index is 577. The maximum atomic E-state index is 14.1. The first-order chi connectivity index (χ1) is 9.19. The van der Waals surface area contributed by atoms with E-state index < -0.39 is 11.9 Å². The van der Waals surface area contributed by atoms with E-state index in [0.717, 1.165) is 0 Å². The van der Waals surface area contributed by atoms with Crippen LogP contribution in [0.4, 0.5) is 4.39 Å². The lowest BCUT2D eigenvalue weighted by atomic mass is 9.98. The number of hydrogen-bond acceptors (Lipinski definition) is 3. The van der Waals surface area contributed by atoms with Crippen LogP contribution in [0.1, 0.15) is 17.2 Å². The van der Waals surface area contributed by atoms with Gasteiger partial charge in [0.1, 0.15) is 11.6 Å². The summed E-state index contributed by atoms with van der Waals surface area (Å²) >= 11 is 6.14. The molecular formula is C14H14ClFN2O. The highest BCUT2D eigenvalue weighted by Gasteiger charge is 2.22. The van der Waals surface area contributed by atoms with Crippen LogP contribution in [0.15, 0.2) is 42.5 Å². The molecule has 100 valence electrons. The van der Waals surface area contributed by atoms with E-state index in [2.05, 4.69) is 5.43 Å². The van der Waals surface area contributed by atoms with E-state index in [0.29, 0.717) is 21.9 Å². The van der Waals surface area contributed by atoms with Crippen molar-refractivity contribution in [2.75, 3.05) is 7.11 Å². The van der Waals surface area contributed by atoms with Crippen LogP contribution in [0, 0.1) is 5.82 Å². The summed E-state index contributed by atoms with van der Waals surface area (Å²) in [5.41, 5.74) is 3.61. The number of benzene rings is 2. The van der Waals surface area contributed by atoms with Gasteiger partial charge in [-0.3, -0.25) is 5.84 Å². The second-order valence-corrected chi connectivity index (χ2v) is 4.38. The standard InChI is InChI=1S/C14H14ClFN2O/c1-19-12-8-4-7-11(16)13(12)14(18-17)9-5-2-3-6-10(9)15/h2-8,14,18H,17H2,1H3. The Morgan fingerprint density at radius 2 is 1.95 bits per heavy atom. The Morgan fingerprint density at radius 1 is 1.21 bits per heavy atom. The monoisotopic (exact) mass is 280 g/mol. The van der Waals surface area contributed by atoms with Gasteiger partial charge < -0.3 is 4.74 Å². The molecule has 2 aromatic rings. The van der Waals surface area contributed by atoms with Crippen molar-refractivity contribution in [3.8, 4) is 5.75 Å². The van der Waals surface area contributed by atoms with Crippen molar-refractivity contribution in [3.63, 3.8) is 0 Å². The molecule has 2 rings (SSSR count). The van der Waals surface area contributed by atoms with Crippen molar-refractivity contribution < 1.29 is 9.13 Å². The number of hydrogen-bond donors (Lipinski definition) is 2. The lowest BCUT2D eigenvalue weighted by Crippen LogP contribution is -2.30. The first kappa shape index (κ1) is 13.8. The van der Waals surface area contributed by atoms with Crippen LogP contribution < -0.4 is 16.0 Å². The molecule has 0 fully saturated rings. The molecule has 0 aliphatic heterocycles. The van der Waals surface area contributed by atoms with Gasteiger partial charge in [0.15, 0.2) is 0 Å². The van der Waals surface area contributed by atoms with Crippen molar-refractivity contribution in [1.29, 1.82) is 0 Å². The first-order valence-corrected chi connectivity index (χ1v) is 6.09. The van der Waals surface area contributed by atoms with Crippen LogP contribution in [0.25, 0.3) is 0 Å². The highest BCUT2D eigenvalue weighted by molar-refractivity contribution is 6.31. The number of rotatable bonds is 4. The topological polar surface area (TPSA) is 47.3 Å². The molecule has 0 saturated carbocycles. The van der Waals surface area contributed by atoms with E-state index in [4.69, 9.17) is 22.2 Å². The minimum Gasteiger partial charge on any atom is -0.496 e. The Balaban J connectivity index is 2.58. The van der Waals surface area contributed by atoms with Gasteiger partial charge in [-0.25, -0.2) is 9.82 Å². The molecule has 0 radical (unpaired) electrons. The molecule has 3 N–H and O–H groups in total. The maximum Gasteiger partial charge on any atom is 0.132 e. The predicted octanol–water partition coefficient (Wildman–Crippen LogP) is 3.04. The van der Waals surface area contributed by atoms with Gasteiger partial charge >= 0.3 is 0 Å². The second-order valence-electron chi connectivity index (χ2n) is 3.98. The molecule has 0 aliphatic carbocycles. The molecule has 0 saturated heterocycles. The molecule has 0 amide bonds. The third kappa shape index (κ3) is 2.71. The quantitative estimate of drug-likeness (QED) is 0.668. The van der Waals surface area contributed by atoms with Crippen molar-refractivity contribution in [3.05, 3.63) is 64.4 Å². The van der Waals surface area contributed by atoms with Crippen molar-refractivity contribution in [1.82, 2.24) is 5.43 Å². The molecule has 0 aliphatic rings. The van der Waals surface area contributed by atoms with E-state index in [9.17, 15) is 4.39 Å². The summed E-state index contributed by atoms with van der Waals surface area (Å²) in [6, 6.07) is 11.2. The summed E-state index contributed by atoms with van der Waals surface area (Å²) in [4.78, 5) is 0. The Morgan fingerprint density at radius 3 is 2.58 bits per heavy atom. The largest absolute Gasteiger partial charge is 0.496 e. The third-order valence-electron chi connectivity index (χ3n) is 2.90. The fourth-order valence-corrected chi connectivity index (χ4v) is 2.26. The summed E-state index contributed by atoms with van der Waals surface area (Å²) in [7, 11) is 1.48. The van der Waals surface area contributed by atoms with Gasteiger partial charge in [0, 0.05) is 5.02 Å². The van der Waals surface area contributed by atoms with Crippen molar-refractivity contribution >= 4 is 11.6 Å². The molecule has 2 aromatic carbocycles. The highest BCUT2D eigenvalue weighted by Crippen LogP contribution is 2.34. The number of halogens is 2. The number of methoxy groups -OCH3 is 1. The number of hydrazine groups is 1. The highest BCUT2D eigenvalue weighted by atomic mass is 35.5. The van der Waals surface area contributed by atoms with Gasteiger partial charge in [0.05, 0.1) is 18.7 Å². The summed E-state index contributed by atoms with van der Waals surface area (Å²) < 4.78 is 19.3. The Kier molecular flexibility index (Phi) is 4.37. The smallest absolute Gasteiger partial charge is 0.132 e. The minimum absolute atomic E-state index is 0.334. The van der Waals surface area contributed by atoms with E-state index in [1.54, 1.807) is 30.3 Å². The molecule has 3 nitrogen and oxygen atoms in total. The van der Waals surface area contributed by atoms with E-state index in [-0.39, 0.29) is 0 Å². The Labute approximate surface area is 116 Å². The lowest BCUT2D eigenvalue weighted by Gasteiger charge is -2.21. The molecule has 0 bridgehead atoms. The Hall–Kier alpha value is -1.62. The van der Waals surface area contributed by atoms with E-state index >= 15 is 0 Å². The molecule has 0 heterocycles. The molecule has 5 heteroatoms. The van der Waals surface area contributed by atoms with Gasteiger partial charge in [-0.1, -0.05) is 35.9 Å². The van der Waals surface area contributed by atoms with Gasteiger partial charge in [0.25, 0.3) is 0 Å². The summed E-state index contributed by atoms with van der Waals surface area (Å²) in [6.45, 7) is 0. The number of nitrogens with one attached hydrogen (secondary N) is 1. The van der Waals surface area contributed by atoms with Crippen LogP contribution in [0.2, 0.25) is 5.02 Å². The predicted molar refractivity (Wildman–Crippen MR) is 73.6 cm³/mol. The van der Waals surface area contributed by atoms with Crippen LogP contribution in [-0.2, 0) is 0 Å². The van der Waals surface area contributed by atoms with Crippen molar-refractivity contribution in [2.45, 2.75) is 6.04 Å². The summed E-state index contributed by atoms with van der Waals surface area (Å²) in [5.74, 6) is 5.59. The zero-order chi connectivity index (χ0) is 13.8. The number of nitrogens with two attached hydrogens (primary N) is 1. The molecular weight excluding hydrogens is 267 g/mol. The fraction of sp³-hybridized carbons (Fsp3) is 0.143. The second kappa shape index (κ2) is 6.02. The lowest BCUT2D eigenvalue weighted by molar-refractivity contribution is 0.397. The van der Waals surface area contributed by atoms with Gasteiger partial charge in [0.2, 0.25) is 0 Å². The normalized spacial score (nSPS) is 12.2. The minimum atomic E-state index is -0.579. The van der Waals surface area contributed by atoms with Gasteiger partial charge in [-0.15, -0.1) is 0 Å². The number of ether oxygens (including phenoxy) is 1. The molecule has 1 unspecified atom stereocenters. The summed E-state index contributed by atoms with van der Waals surface area (Å²) in [6.07, 6.45) is 0. The molecule has 19 heavy (non-hydrogen) atoms. The molecule has 0 aromatic heterocycles. The van der Waals surface area contributed by atoms with Gasteiger partial charge in [-0.05, 0) is 23.8 Å². The van der Waals surface area contributed by atoms with E-state index in [1.165, 1.54) is 13.2 Å². The average molecular weight is 281 g/mol. The zero-order valence-corrected chi connectivity index (χ0v) is 11.1. The SMILES string of the molecule is COc1cccc(F)c1C(NN)c1ccccc1Cl. The maximum absolute atomic E-state index is 14.1. The molecule has 0 spiro atoms. The van der Waals surface area contributed by atoms with Crippen LogP contribution in [0.5, 0.6) is 5.75 Å². The van der Waals surface area contributed by atoms with Crippen LogP contribution >= 0.6 is 11.6 Å². The molecule has 1 atom stereocenters. The van der Waals surface area contributed by atoms with Crippen LogP contribution in [-0.4, -0.2) is 7.11 Å².